The van der Waals surface area contributed by atoms with Gasteiger partial charge in [-0.15, -0.1) is 0 Å². The molecule has 2 atom stereocenters. The summed E-state index contributed by atoms with van der Waals surface area (Å²) in [4.78, 5) is 18.9. The van der Waals surface area contributed by atoms with Gasteiger partial charge >= 0.3 is 0 Å². The maximum Gasteiger partial charge on any atom is 0.251 e. The Kier molecular flexibility index (Phi) is 6.24. The van der Waals surface area contributed by atoms with Crippen LogP contribution in [0.4, 0.5) is 5.69 Å². The lowest BCUT2D eigenvalue weighted by atomic mass is 10.0. The van der Waals surface area contributed by atoms with Crippen molar-refractivity contribution in [3.63, 3.8) is 0 Å². The van der Waals surface area contributed by atoms with E-state index < -0.39 is 9.84 Å². The largest absolute Gasteiger partial charge is 0.497 e. The molecule has 154 valence electrons. The molecule has 1 amide bonds. The van der Waals surface area contributed by atoms with Crippen molar-refractivity contribution >= 4 is 38.4 Å². The lowest BCUT2D eigenvalue weighted by Crippen LogP contribution is -2.38. The molecular formula is C19H26N2O5S2. The van der Waals surface area contributed by atoms with Crippen LogP contribution in [0, 0.1) is 5.92 Å². The van der Waals surface area contributed by atoms with Gasteiger partial charge in [0.05, 0.1) is 37.5 Å². The monoisotopic (exact) mass is 426 g/mol. The Morgan fingerprint density at radius 1 is 1.25 bits per heavy atom. The first-order valence-corrected chi connectivity index (χ1v) is 12.0. The van der Waals surface area contributed by atoms with Crippen LogP contribution in [0.5, 0.6) is 11.5 Å². The number of hydrogen-bond acceptors (Lipinski definition) is 6. The van der Waals surface area contributed by atoms with Gasteiger partial charge in [0, 0.05) is 17.2 Å². The number of ether oxygens (including phenoxy) is 2. The van der Waals surface area contributed by atoms with E-state index in [0.717, 1.165) is 12.8 Å². The van der Waals surface area contributed by atoms with Crippen molar-refractivity contribution in [3.05, 3.63) is 18.2 Å². The Hall–Kier alpha value is -1.74. The van der Waals surface area contributed by atoms with Crippen molar-refractivity contribution in [1.29, 1.82) is 0 Å². The van der Waals surface area contributed by atoms with E-state index in [9.17, 15) is 13.2 Å². The molecule has 0 spiro atoms. The zero-order chi connectivity index (χ0) is 20.5. The predicted octanol–water partition coefficient (Wildman–Crippen LogP) is 2.74. The molecule has 3 rings (SSSR count). The number of fused-ring (bicyclic) bond motifs is 1. The number of aliphatic imine (C=N–C) groups is 1. The molecule has 0 aromatic heterocycles. The number of carbonyl (C=O) groups is 1. The van der Waals surface area contributed by atoms with Crippen LogP contribution in [0.25, 0.3) is 0 Å². The van der Waals surface area contributed by atoms with Gasteiger partial charge in [0.2, 0.25) is 0 Å². The van der Waals surface area contributed by atoms with Crippen LogP contribution in [0.2, 0.25) is 0 Å². The van der Waals surface area contributed by atoms with E-state index in [4.69, 9.17) is 9.47 Å². The number of anilines is 1. The highest BCUT2D eigenvalue weighted by Crippen LogP contribution is 2.44. The Balaban J connectivity index is 2.05. The van der Waals surface area contributed by atoms with E-state index in [2.05, 4.69) is 4.99 Å². The second-order valence-electron chi connectivity index (χ2n) is 6.95. The molecule has 1 aromatic rings. The molecule has 2 aliphatic heterocycles. The van der Waals surface area contributed by atoms with Gasteiger partial charge in [-0.2, -0.15) is 4.99 Å². The van der Waals surface area contributed by atoms with Crippen LogP contribution < -0.4 is 14.4 Å². The van der Waals surface area contributed by atoms with Crippen LogP contribution in [-0.4, -0.2) is 56.5 Å². The number of amides is 1. The zero-order valence-corrected chi connectivity index (χ0v) is 18.2. The first kappa shape index (κ1) is 21.0. The molecule has 9 heteroatoms. The molecule has 7 nitrogen and oxygen atoms in total. The molecule has 28 heavy (non-hydrogen) atoms. The quantitative estimate of drug-likeness (QED) is 0.691. The Labute approximate surface area is 170 Å². The number of benzene rings is 1. The van der Waals surface area contributed by atoms with E-state index in [1.165, 1.54) is 11.8 Å². The number of rotatable bonds is 6. The summed E-state index contributed by atoms with van der Waals surface area (Å²) in [5.74, 6) is 1.03. The third kappa shape index (κ3) is 4.00. The maximum atomic E-state index is 12.6. The van der Waals surface area contributed by atoms with E-state index in [1.54, 1.807) is 26.4 Å². The minimum Gasteiger partial charge on any atom is -0.497 e. The summed E-state index contributed by atoms with van der Waals surface area (Å²) in [5.41, 5.74) is 0.691. The Bertz CT molecular complexity index is 880. The summed E-state index contributed by atoms with van der Waals surface area (Å²) >= 11 is 1.37. The SMILES string of the molecule is CCC(CC)C(=O)N=C1S[C@H]2CS(=O)(=O)C[C@@H]2N1c1ccc(OC)cc1OC. The van der Waals surface area contributed by atoms with Gasteiger partial charge in [-0.05, 0) is 25.0 Å². The Morgan fingerprint density at radius 3 is 2.57 bits per heavy atom. The molecule has 2 fully saturated rings. The normalized spacial score (nSPS) is 24.6. The summed E-state index contributed by atoms with van der Waals surface area (Å²) in [6.45, 7) is 3.94. The second kappa shape index (κ2) is 8.32. The summed E-state index contributed by atoms with van der Waals surface area (Å²) in [6, 6.07) is 5.09. The molecule has 1 aromatic carbocycles. The number of sulfone groups is 1. The summed E-state index contributed by atoms with van der Waals surface area (Å²) in [5, 5.41) is 0.398. The molecule has 0 bridgehead atoms. The van der Waals surface area contributed by atoms with Gasteiger partial charge in [-0.25, -0.2) is 8.42 Å². The van der Waals surface area contributed by atoms with Crippen molar-refractivity contribution in [2.45, 2.75) is 38.0 Å². The van der Waals surface area contributed by atoms with Crippen molar-refractivity contribution in [2.24, 2.45) is 10.9 Å². The third-order valence-corrected chi connectivity index (χ3v) is 8.46. The minimum absolute atomic E-state index is 0.0397. The molecule has 0 saturated carbocycles. The highest BCUT2D eigenvalue weighted by atomic mass is 32.2. The molecule has 2 saturated heterocycles. The van der Waals surface area contributed by atoms with Gasteiger partial charge < -0.3 is 14.4 Å². The highest BCUT2D eigenvalue weighted by molar-refractivity contribution is 8.16. The van der Waals surface area contributed by atoms with Crippen molar-refractivity contribution in [2.75, 3.05) is 30.6 Å². The maximum absolute atomic E-state index is 12.6. The second-order valence-corrected chi connectivity index (χ2v) is 10.3. The molecule has 0 radical (unpaired) electrons. The number of carbonyl (C=O) groups excluding carboxylic acids is 1. The lowest BCUT2D eigenvalue weighted by Gasteiger charge is -2.26. The minimum atomic E-state index is -3.12. The molecular weight excluding hydrogens is 400 g/mol. The van der Waals surface area contributed by atoms with Gasteiger partial charge in [0.15, 0.2) is 15.0 Å². The van der Waals surface area contributed by atoms with Crippen molar-refractivity contribution in [3.8, 4) is 11.5 Å². The average Bonchev–Trinajstić information content (AvgIpc) is 3.12. The Morgan fingerprint density at radius 2 is 1.96 bits per heavy atom. The fraction of sp³-hybridized carbons (Fsp3) is 0.579. The molecule has 0 aliphatic carbocycles. The molecule has 0 unspecified atom stereocenters. The first-order chi connectivity index (χ1) is 13.3. The van der Waals surface area contributed by atoms with Gasteiger partial charge in [0.1, 0.15) is 11.5 Å². The lowest BCUT2D eigenvalue weighted by molar-refractivity contribution is -0.121. The molecule has 2 aliphatic rings. The molecule has 2 heterocycles. The average molecular weight is 427 g/mol. The fourth-order valence-corrected chi connectivity index (χ4v) is 7.57. The van der Waals surface area contributed by atoms with E-state index in [1.807, 2.05) is 24.8 Å². The van der Waals surface area contributed by atoms with E-state index >= 15 is 0 Å². The van der Waals surface area contributed by atoms with E-state index in [-0.39, 0.29) is 34.6 Å². The van der Waals surface area contributed by atoms with Crippen molar-refractivity contribution < 1.29 is 22.7 Å². The van der Waals surface area contributed by atoms with Crippen LogP contribution in [-0.2, 0) is 14.6 Å². The predicted molar refractivity (Wildman–Crippen MR) is 112 cm³/mol. The summed E-state index contributed by atoms with van der Waals surface area (Å²) in [7, 11) is -0.00184. The number of amidine groups is 1. The topological polar surface area (TPSA) is 85.3 Å². The zero-order valence-electron chi connectivity index (χ0n) is 16.5. The van der Waals surface area contributed by atoms with Crippen LogP contribution >= 0.6 is 11.8 Å². The summed E-state index contributed by atoms with van der Waals surface area (Å²) < 4.78 is 35.2. The number of thioether (sulfide) groups is 1. The van der Waals surface area contributed by atoms with Gasteiger partial charge in [0.25, 0.3) is 5.91 Å². The standard InChI is InChI=1S/C19H26N2O5S2/c1-5-12(6-2)18(22)20-19-21(15-10-28(23,24)11-17(15)27-19)14-8-7-13(25-3)9-16(14)26-4/h7-9,12,15,17H,5-6,10-11H2,1-4H3/t15-,17-/m0/s1. The smallest absolute Gasteiger partial charge is 0.251 e. The number of hydrogen-bond donors (Lipinski definition) is 0. The third-order valence-electron chi connectivity index (χ3n) is 5.25. The van der Waals surface area contributed by atoms with Crippen LogP contribution in [0.1, 0.15) is 26.7 Å². The van der Waals surface area contributed by atoms with Crippen molar-refractivity contribution in [1.82, 2.24) is 0 Å². The van der Waals surface area contributed by atoms with Gasteiger partial charge in [-0.1, -0.05) is 25.6 Å². The van der Waals surface area contributed by atoms with Crippen LogP contribution in [0.15, 0.2) is 23.2 Å². The summed E-state index contributed by atoms with van der Waals surface area (Å²) in [6.07, 6.45) is 1.45. The highest BCUT2D eigenvalue weighted by Gasteiger charge is 2.50. The van der Waals surface area contributed by atoms with Crippen LogP contribution in [0.3, 0.4) is 0 Å². The number of methoxy groups -OCH3 is 2. The fourth-order valence-electron chi connectivity index (χ4n) is 3.65. The first-order valence-electron chi connectivity index (χ1n) is 9.34. The number of nitrogens with zero attached hydrogens (tertiary/aromatic N) is 2. The molecule has 0 N–H and O–H groups in total. The van der Waals surface area contributed by atoms with E-state index in [0.29, 0.717) is 22.4 Å². The van der Waals surface area contributed by atoms with Gasteiger partial charge in [-0.3, -0.25) is 4.79 Å².